The number of ether oxygens (including phenoxy) is 2. The molecule has 0 radical (unpaired) electrons. The minimum atomic E-state index is -0.531. The number of esters is 1. The van der Waals surface area contributed by atoms with Gasteiger partial charge in [0.25, 0.3) is 0 Å². The Labute approximate surface area is 125 Å². The van der Waals surface area contributed by atoms with Crippen LogP contribution in [0.25, 0.3) is 10.9 Å². The summed E-state index contributed by atoms with van der Waals surface area (Å²) in [6.07, 6.45) is 1.40. The van der Waals surface area contributed by atoms with Crippen molar-refractivity contribution < 1.29 is 14.3 Å². The van der Waals surface area contributed by atoms with Crippen LogP contribution in [0.2, 0.25) is 0 Å². The van der Waals surface area contributed by atoms with Gasteiger partial charge in [-0.05, 0) is 39.0 Å². The Bertz CT molecular complexity index is 638. The summed E-state index contributed by atoms with van der Waals surface area (Å²) in [7, 11) is 0. The van der Waals surface area contributed by atoms with Gasteiger partial charge in [-0.15, -0.1) is 0 Å². The first-order chi connectivity index (χ1) is 9.35. The predicted octanol–water partition coefficient (Wildman–Crippen LogP) is 3.11. The molecule has 1 aromatic carbocycles. The monoisotopic (exact) mass is 338 g/mol. The number of rotatable bonds is 3. The number of halogens is 1. The molecule has 2 aromatic rings. The molecule has 0 N–H and O–H groups in total. The van der Waals surface area contributed by atoms with E-state index in [0.29, 0.717) is 5.88 Å². The molecule has 0 fully saturated rings. The van der Waals surface area contributed by atoms with Crippen molar-refractivity contribution >= 4 is 32.8 Å². The lowest BCUT2D eigenvalue weighted by Crippen LogP contribution is -2.27. The van der Waals surface area contributed by atoms with E-state index in [0.717, 1.165) is 15.4 Å². The summed E-state index contributed by atoms with van der Waals surface area (Å²) in [6, 6.07) is 5.58. The van der Waals surface area contributed by atoms with Gasteiger partial charge in [-0.2, -0.15) is 0 Å². The molecule has 0 spiro atoms. The van der Waals surface area contributed by atoms with E-state index in [9.17, 15) is 4.79 Å². The van der Waals surface area contributed by atoms with E-state index in [4.69, 9.17) is 9.47 Å². The fourth-order valence-corrected chi connectivity index (χ4v) is 1.98. The molecule has 0 saturated carbocycles. The number of hydrogen-bond donors (Lipinski definition) is 0. The Morgan fingerprint density at radius 2 is 2.05 bits per heavy atom. The van der Waals surface area contributed by atoms with Crippen LogP contribution in [0.1, 0.15) is 20.8 Å². The van der Waals surface area contributed by atoms with Crippen LogP contribution < -0.4 is 4.74 Å². The molecule has 0 atom stereocenters. The summed E-state index contributed by atoms with van der Waals surface area (Å²) < 4.78 is 11.5. The predicted molar refractivity (Wildman–Crippen MR) is 78.6 cm³/mol. The number of carbonyl (C=O) groups excluding carboxylic acids is 1. The van der Waals surface area contributed by atoms with Crippen LogP contribution in [0.5, 0.6) is 5.88 Å². The Morgan fingerprint density at radius 1 is 1.30 bits per heavy atom. The molecular weight excluding hydrogens is 324 g/mol. The van der Waals surface area contributed by atoms with Crippen molar-refractivity contribution in [1.29, 1.82) is 0 Å². The quantitative estimate of drug-likeness (QED) is 0.804. The number of aromatic nitrogens is 2. The second-order valence-electron chi connectivity index (χ2n) is 5.22. The molecule has 106 valence electrons. The third-order valence-electron chi connectivity index (χ3n) is 2.31. The number of carbonyl (C=O) groups is 1. The SMILES string of the molecule is CC(C)(C)OC(=O)COc1ncnc2ccc(Br)cc12. The molecule has 0 aliphatic rings. The lowest BCUT2D eigenvalue weighted by Gasteiger charge is -2.19. The maximum Gasteiger partial charge on any atom is 0.344 e. The Balaban J connectivity index is 2.14. The van der Waals surface area contributed by atoms with E-state index in [-0.39, 0.29) is 6.61 Å². The van der Waals surface area contributed by atoms with Crippen molar-refractivity contribution in [2.45, 2.75) is 26.4 Å². The van der Waals surface area contributed by atoms with Crippen molar-refractivity contribution in [2.75, 3.05) is 6.61 Å². The topological polar surface area (TPSA) is 61.3 Å². The van der Waals surface area contributed by atoms with Crippen molar-refractivity contribution in [3.05, 3.63) is 29.0 Å². The van der Waals surface area contributed by atoms with Gasteiger partial charge < -0.3 is 9.47 Å². The maximum absolute atomic E-state index is 11.6. The molecule has 0 saturated heterocycles. The summed E-state index contributed by atoms with van der Waals surface area (Å²) >= 11 is 3.38. The van der Waals surface area contributed by atoms with Crippen molar-refractivity contribution in [3.63, 3.8) is 0 Å². The second kappa shape index (κ2) is 5.75. The van der Waals surface area contributed by atoms with Crippen molar-refractivity contribution in [2.24, 2.45) is 0 Å². The van der Waals surface area contributed by atoms with E-state index >= 15 is 0 Å². The molecular formula is C14H15BrN2O3. The maximum atomic E-state index is 11.6. The number of fused-ring (bicyclic) bond motifs is 1. The summed E-state index contributed by atoms with van der Waals surface area (Å²) in [4.78, 5) is 19.8. The van der Waals surface area contributed by atoms with Crippen LogP contribution >= 0.6 is 15.9 Å². The van der Waals surface area contributed by atoms with E-state index in [1.54, 1.807) is 0 Å². The van der Waals surface area contributed by atoms with E-state index in [1.165, 1.54) is 6.33 Å². The first-order valence-corrected chi connectivity index (χ1v) is 6.89. The average Bonchev–Trinajstić information content (AvgIpc) is 2.34. The summed E-state index contributed by atoms with van der Waals surface area (Å²) in [5.41, 5.74) is 0.222. The molecule has 20 heavy (non-hydrogen) atoms. The van der Waals surface area contributed by atoms with Crippen LogP contribution in [0.15, 0.2) is 29.0 Å². The third kappa shape index (κ3) is 3.90. The Kier molecular flexibility index (Phi) is 4.23. The molecule has 6 heteroatoms. The lowest BCUT2D eigenvalue weighted by molar-refractivity contribution is -0.157. The van der Waals surface area contributed by atoms with Gasteiger partial charge >= 0.3 is 5.97 Å². The van der Waals surface area contributed by atoms with Crippen LogP contribution in [0.4, 0.5) is 0 Å². The molecule has 0 bridgehead atoms. The highest BCUT2D eigenvalue weighted by Crippen LogP contribution is 2.24. The van der Waals surface area contributed by atoms with Gasteiger partial charge in [0.2, 0.25) is 5.88 Å². The molecule has 0 aliphatic heterocycles. The van der Waals surface area contributed by atoms with Gasteiger partial charge in [0.15, 0.2) is 6.61 Å². The van der Waals surface area contributed by atoms with Crippen LogP contribution in [-0.2, 0) is 9.53 Å². The number of hydrogen-bond acceptors (Lipinski definition) is 5. The van der Waals surface area contributed by atoms with Crippen LogP contribution in [-0.4, -0.2) is 28.1 Å². The normalized spacial score (nSPS) is 11.4. The van der Waals surface area contributed by atoms with Crippen molar-refractivity contribution in [1.82, 2.24) is 9.97 Å². The smallest absolute Gasteiger partial charge is 0.344 e. The Morgan fingerprint density at radius 3 is 2.75 bits per heavy atom. The first kappa shape index (κ1) is 14.7. The number of nitrogens with zero attached hydrogens (tertiary/aromatic N) is 2. The fourth-order valence-electron chi connectivity index (χ4n) is 1.62. The minimum absolute atomic E-state index is 0.185. The average molecular weight is 339 g/mol. The highest BCUT2D eigenvalue weighted by Gasteiger charge is 2.17. The van der Waals surface area contributed by atoms with Gasteiger partial charge in [0.1, 0.15) is 11.9 Å². The van der Waals surface area contributed by atoms with Crippen LogP contribution in [0.3, 0.4) is 0 Å². The van der Waals surface area contributed by atoms with Gasteiger partial charge in [-0.3, -0.25) is 0 Å². The van der Waals surface area contributed by atoms with E-state index in [1.807, 2.05) is 39.0 Å². The van der Waals surface area contributed by atoms with E-state index < -0.39 is 11.6 Å². The molecule has 5 nitrogen and oxygen atoms in total. The number of benzene rings is 1. The molecule has 0 unspecified atom stereocenters. The van der Waals surface area contributed by atoms with Gasteiger partial charge in [-0.25, -0.2) is 14.8 Å². The van der Waals surface area contributed by atoms with Gasteiger partial charge in [0.05, 0.1) is 10.9 Å². The molecule has 0 aliphatic carbocycles. The standard InChI is InChI=1S/C14H15BrN2O3/c1-14(2,3)20-12(18)7-19-13-10-6-9(15)4-5-11(10)16-8-17-13/h4-6,8H,7H2,1-3H3. The fraction of sp³-hybridized carbons (Fsp3) is 0.357. The molecule has 1 aromatic heterocycles. The third-order valence-corrected chi connectivity index (χ3v) is 2.80. The van der Waals surface area contributed by atoms with Gasteiger partial charge in [-0.1, -0.05) is 15.9 Å². The first-order valence-electron chi connectivity index (χ1n) is 6.10. The second-order valence-corrected chi connectivity index (χ2v) is 6.13. The largest absolute Gasteiger partial charge is 0.465 e. The minimum Gasteiger partial charge on any atom is -0.465 e. The lowest BCUT2D eigenvalue weighted by atomic mass is 10.2. The van der Waals surface area contributed by atoms with Crippen molar-refractivity contribution in [3.8, 4) is 5.88 Å². The van der Waals surface area contributed by atoms with E-state index in [2.05, 4.69) is 25.9 Å². The highest BCUT2D eigenvalue weighted by atomic mass is 79.9. The molecule has 2 rings (SSSR count). The zero-order chi connectivity index (χ0) is 14.8. The highest BCUT2D eigenvalue weighted by molar-refractivity contribution is 9.10. The summed E-state index contributed by atoms with van der Waals surface area (Å²) in [5.74, 6) is -0.0681. The summed E-state index contributed by atoms with van der Waals surface area (Å²) in [6.45, 7) is 5.24. The van der Waals surface area contributed by atoms with Gasteiger partial charge in [0, 0.05) is 4.47 Å². The zero-order valence-electron chi connectivity index (χ0n) is 11.5. The zero-order valence-corrected chi connectivity index (χ0v) is 13.1. The summed E-state index contributed by atoms with van der Waals surface area (Å²) in [5, 5.41) is 0.741. The van der Waals surface area contributed by atoms with Crippen LogP contribution in [0, 0.1) is 0 Å². The molecule has 0 amide bonds. The molecule has 1 heterocycles. The Hall–Kier alpha value is -1.69.